The van der Waals surface area contributed by atoms with Gasteiger partial charge in [-0.3, -0.25) is 4.79 Å². The SMILES string of the molecule is O=C(Cc1ccc(-n2cnnn2)cc1)N1CCN(c2ccccn2)CC1. The zero-order valence-corrected chi connectivity index (χ0v) is 14.3. The number of hydrogen-bond donors (Lipinski definition) is 0. The number of carbonyl (C=O) groups excluding carboxylic acids is 1. The van der Waals surface area contributed by atoms with Gasteiger partial charge >= 0.3 is 0 Å². The highest BCUT2D eigenvalue weighted by atomic mass is 16.2. The Labute approximate surface area is 151 Å². The number of carbonyl (C=O) groups is 1. The van der Waals surface area contributed by atoms with E-state index in [0.29, 0.717) is 6.42 Å². The molecule has 4 rings (SSSR count). The molecule has 2 aromatic heterocycles. The average molecular weight is 349 g/mol. The summed E-state index contributed by atoms with van der Waals surface area (Å²) in [6.45, 7) is 3.05. The Kier molecular flexibility index (Phi) is 4.55. The van der Waals surface area contributed by atoms with Gasteiger partial charge in [0.2, 0.25) is 5.91 Å². The van der Waals surface area contributed by atoms with E-state index >= 15 is 0 Å². The number of pyridine rings is 1. The highest BCUT2D eigenvalue weighted by Gasteiger charge is 2.21. The molecule has 8 heteroatoms. The van der Waals surface area contributed by atoms with Gasteiger partial charge in [-0.05, 0) is 40.3 Å². The van der Waals surface area contributed by atoms with Gasteiger partial charge in [0, 0.05) is 32.4 Å². The summed E-state index contributed by atoms with van der Waals surface area (Å²) in [5.41, 5.74) is 1.86. The smallest absolute Gasteiger partial charge is 0.227 e. The van der Waals surface area contributed by atoms with Crippen LogP contribution in [0.1, 0.15) is 5.56 Å². The predicted octanol–water partition coefficient (Wildman–Crippen LogP) is 0.949. The Balaban J connectivity index is 1.33. The molecular weight excluding hydrogens is 330 g/mol. The van der Waals surface area contributed by atoms with Crippen LogP contribution >= 0.6 is 0 Å². The lowest BCUT2D eigenvalue weighted by Crippen LogP contribution is -2.49. The average Bonchev–Trinajstić information content (AvgIpc) is 3.24. The van der Waals surface area contributed by atoms with Crippen molar-refractivity contribution in [2.24, 2.45) is 0 Å². The summed E-state index contributed by atoms with van der Waals surface area (Å²) < 4.78 is 1.59. The van der Waals surface area contributed by atoms with E-state index in [1.807, 2.05) is 47.4 Å². The monoisotopic (exact) mass is 349 g/mol. The number of tetrazole rings is 1. The molecule has 3 heterocycles. The summed E-state index contributed by atoms with van der Waals surface area (Å²) in [5.74, 6) is 1.12. The summed E-state index contributed by atoms with van der Waals surface area (Å²) in [4.78, 5) is 21.1. The molecule has 0 aliphatic carbocycles. The Hall–Kier alpha value is -3.29. The van der Waals surface area contributed by atoms with Crippen molar-refractivity contribution in [1.82, 2.24) is 30.1 Å². The fraction of sp³-hybridized carbons (Fsp3) is 0.278. The van der Waals surface area contributed by atoms with Crippen LogP contribution in [0.25, 0.3) is 5.69 Å². The number of anilines is 1. The van der Waals surface area contributed by atoms with Crippen molar-refractivity contribution in [3.8, 4) is 5.69 Å². The van der Waals surface area contributed by atoms with Gasteiger partial charge < -0.3 is 9.80 Å². The second kappa shape index (κ2) is 7.30. The van der Waals surface area contributed by atoms with E-state index in [1.54, 1.807) is 17.2 Å². The van der Waals surface area contributed by atoms with Crippen molar-refractivity contribution < 1.29 is 4.79 Å². The molecule has 132 valence electrons. The normalized spacial score (nSPS) is 14.5. The molecule has 0 saturated carbocycles. The van der Waals surface area contributed by atoms with Crippen molar-refractivity contribution in [3.05, 3.63) is 60.6 Å². The van der Waals surface area contributed by atoms with E-state index in [2.05, 4.69) is 25.4 Å². The minimum Gasteiger partial charge on any atom is -0.353 e. The van der Waals surface area contributed by atoms with Gasteiger partial charge in [0.25, 0.3) is 0 Å². The second-order valence-corrected chi connectivity index (χ2v) is 6.15. The van der Waals surface area contributed by atoms with Gasteiger partial charge in [0.1, 0.15) is 12.1 Å². The van der Waals surface area contributed by atoms with Gasteiger partial charge in [0.05, 0.1) is 12.1 Å². The third kappa shape index (κ3) is 3.53. The van der Waals surface area contributed by atoms with Crippen molar-refractivity contribution in [2.45, 2.75) is 6.42 Å². The van der Waals surface area contributed by atoms with Gasteiger partial charge in [-0.15, -0.1) is 5.10 Å². The van der Waals surface area contributed by atoms with Crippen molar-refractivity contribution in [2.75, 3.05) is 31.1 Å². The summed E-state index contributed by atoms with van der Waals surface area (Å²) in [5, 5.41) is 11.1. The first-order valence-electron chi connectivity index (χ1n) is 8.56. The molecule has 0 unspecified atom stereocenters. The molecule has 1 saturated heterocycles. The Bertz CT molecular complexity index is 841. The number of hydrogen-bond acceptors (Lipinski definition) is 6. The van der Waals surface area contributed by atoms with Crippen molar-refractivity contribution in [3.63, 3.8) is 0 Å². The number of benzene rings is 1. The summed E-state index contributed by atoms with van der Waals surface area (Å²) in [6, 6.07) is 13.6. The molecule has 0 bridgehead atoms. The quantitative estimate of drug-likeness (QED) is 0.698. The standard InChI is InChI=1S/C18H19N7O/c26-18(13-15-4-6-16(7-5-15)25-14-20-21-22-25)24-11-9-23(10-12-24)17-3-1-2-8-19-17/h1-8,14H,9-13H2. The fourth-order valence-corrected chi connectivity index (χ4v) is 3.06. The van der Waals surface area contributed by atoms with Crippen LogP contribution < -0.4 is 4.90 Å². The van der Waals surface area contributed by atoms with E-state index < -0.39 is 0 Å². The maximum absolute atomic E-state index is 12.6. The van der Waals surface area contributed by atoms with Crippen LogP contribution in [-0.4, -0.2) is 62.2 Å². The van der Waals surface area contributed by atoms with Gasteiger partial charge in [-0.1, -0.05) is 18.2 Å². The maximum atomic E-state index is 12.6. The summed E-state index contributed by atoms with van der Waals surface area (Å²) >= 11 is 0. The van der Waals surface area contributed by atoms with E-state index in [-0.39, 0.29) is 5.91 Å². The van der Waals surface area contributed by atoms with E-state index in [1.165, 1.54) is 0 Å². The van der Waals surface area contributed by atoms with Gasteiger partial charge in [0.15, 0.2) is 0 Å². The van der Waals surface area contributed by atoms with Gasteiger partial charge in [-0.2, -0.15) is 0 Å². The van der Waals surface area contributed by atoms with Crippen molar-refractivity contribution in [1.29, 1.82) is 0 Å². The lowest BCUT2D eigenvalue weighted by Gasteiger charge is -2.35. The molecule has 0 N–H and O–H groups in total. The molecule has 26 heavy (non-hydrogen) atoms. The zero-order chi connectivity index (χ0) is 17.8. The predicted molar refractivity (Wildman–Crippen MR) is 95.9 cm³/mol. The molecule has 1 aliphatic rings. The lowest BCUT2D eigenvalue weighted by molar-refractivity contribution is -0.130. The molecule has 3 aromatic rings. The van der Waals surface area contributed by atoms with Crippen LogP contribution in [0.3, 0.4) is 0 Å². The number of nitrogens with zero attached hydrogens (tertiary/aromatic N) is 7. The first-order chi connectivity index (χ1) is 12.8. The van der Waals surface area contributed by atoms with Crippen molar-refractivity contribution >= 4 is 11.7 Å². The first kappa shape index (κ1) is 16.2. The fourth-order valence-electron chi connectivity index (χ4n) is 3.06. The zero-order valence-electron chi connectivity index (χ0n) is 14.3. The van der Waals surface area contributed by atoms with Gasteiger partial charge in [-0.25, -0.2) is 9.67 Å². The Morgan fingerprint density at radius 2 is 1.81 bits per heavy atom. The largest absolute Gasteiger partial charge is 0.353 e. The molecule has 0 radical (unpaired) electrons. The van der Waals surface area contributed by atoms with Crippen LogP contribution in [0, 0.1) is 0 Å². The molecular formula is C18H19N7O. The number of piperazine rings is 1. The molecule has 8 nitrogen and oxygen atoms in total. The Morgan fingerprint density at radius 3 is 2.46 bits per heavy atom. The molecule has 1 fully saturated rings. The van der Waals surface area contributed by atoms with E-state index in [4.69, 9.17) is 0 Å². The van der Waals surface area contributed by atoms with E-state index in [0.717, 1.165) is 43.2 Å². The minimum atomic E-state index is 0.154. The topological polar surface area (TPSA) is 80.0 Å². The second-order valence-electron chi connectivity index (χ2n) is 6.15. The maximum Gasteiger partial charge on any atom is 0.227 e. The molecule has 1 amide bonds. The molecule has 1 aliphatic heterocycles. The highest BCUT2D eigenvalue weighted by Crippen LogP contribution is 2.14. The van der Waals surface area contributed by atoms with Crippen LogP contribution in [0.5, 0.6) is 0 Å². The number of rotatable bonds is 4. The van der Waals surface area contributed by atoms with Crippen LogP contribution in [0.15, 0.2) is 55.0 Å². The Morgan fingerprint density at radius 1 is 1.00 bits per heavy atom. The number of aromatic nitrogens is 5. The first-order valence-corrected chi connectivity index (χ1v) is 8.56. The van der Waals surface area contributed by atoms with Crippen LogP contribution in [0.4, 0.5) is 5.82 Å². The molecule has 1 aromatic carbocycles. The van der Waals surface area contributed by atoms with E-state index in [9.17, 15) is 4.79 Å². The molecule has 0 spiro atoms. The molecule has 0 atom stereocenters. The van der Waals surface area contributed by atoms with Crippen LogP contribution in [0.2, 0.25) is 0 Å². The highest BCUT2D eigenvalue weighted by molar-refractivity contribution is 5.79. The minimum absolute atomic E-state index is 0.154. The summed E-state index contributed by atoms with van der Waals surface area (Å²) in [7, 11) is 0. The van der Waals surface area contributed by atoms with Crippen LogP contribution in [-0.2, 0) is 11.2 Å². The lowest BCUT2D eigenvalue weighted by atomic mass is 10.1. The third-order valence-electron chi connectivity index (χ3n) is 4.51. The number of amides is 1. The summed E-state index contributed by atoms with van der Waals surface area (Å²) in [6.07, 6.45) is 3.74. The third-order valence-corrected chi connectivity index (χ3v) is 4.51.